The van der Waals surface area contributed by atoms with Crippen molar-refractivity contribution in [1.82, 2.24) is 9.78 Å². The summed E-state index contributed by atoms with van der Waals surface area (Å²) in [4.78, 5) is 1.38. The first kappa shape index (κ1) is 17.1. The van der Waals surface area contributed by atoms with Gasteiger partial charge in [0.05, 0.1) is 23.1 Å². The predicted octanol–water partition coefficient (Wildman–Crippen LogP) is 2.31. The van der Waals surface area contributed by atoms with Crippen molar-refractivity contribution in [3.05, 3.63) is 36.2 Å². The van der Waals surface area contributed by atoms with E-state index in [1.807, 2.05) is 0 Å². The molecule has 0 aliphatic rings. The molecule has 1 aromatic carbocycles. The molecule has 2 rings (SSSR count). The average molecular weight is 348 g/mol. The number of hydrogen-bond acceptors (Lipinski definition) is 4. The number of halogens is 3. The van der Waals surface area contributed by atoms with E-state index in [0.29, 0.717) is 5.69 Å². The molecular formula is C13H15F3N4O2S. The smallest absolute Gasteiger partial charge is 0.376 e. The summed E-state index contributed by atoms with van der Waals surface area (Å²) in [5, 5.41) is 3.75. The fraction of sp³-hybridized carbons (Fsp3) is 0.308. The van der Waals surface area contributed by atoms with Gasteiger partial charge in [-0.05, 0) is 18.2 Å². The Bertz CT molecular complexity index is 813. The third-order valence-corrected chi connectivity index (χ3v) is 4.36. The molecule has 2 aromatic rings. The maximum absolute atomic E-state index is 12.9. The summed E-state index contributed by atoms with van der Waals surface area (Å²) in [5.74, 6) is 0. The van der Waals surface area contributed by atoms with E-state index in [1.54, 1.807) is 14.1 Å². The highest BCUT2D eigenvalue weighted by Crippen LogP contribution is 2.35. The van der Waals surface area contributed by atoms with Crippen LogP contribution in [0.3, 0.4) is 0 Å². The van der Waals surface area contributed by atoms with Gasteiger partial charge in [-0.2, -0.15) is 18.3 Å². The lowest BCUT2D eigenvalue weighted by molar-refractivity contribution is -0.137. The molecule has 0 fully saturated rings. The third kappa shape index (κ3) is 3.76. The molecule has 1 aromatic heterocycles. The fourth-order valence-corrected chi connectivity index (χ4v) is 2.97. The Morgan fingerprint density at radius 2 is 1.91 bits per heavy atom. The van der Waals surface area contributed by atoms with Crippen LogP contribution in [0, 0.1) is 0 Å². The van der Waals surface area contributed by atoms with Crippen LogP contribution >= 0.6 is 0 Å². The molecule has 1 heterocycles. The van der Waals surface area contributed by atoms with Crippen molar-refractivity contribution in [1.29, 1.82) is 0 Å². The zero-order chi connectivity index (χ0) is 17.4. The molecule has 23 heavy (non-hydrogen) atoms. The second-order valence-electron chi connectivity index (χ2n) is 5.08. The number of rotatable bonds is 4. The fourth-order valence-electron chi connectivity index (χ4n) is 1.93. The van der Waals surface area contributed by atoms with Gasteiger partial charge in [0.15, 0.2) is 0 Å². The van der Waals surface area contributed by atoms with Crippen molar-refractivity contribution in [3.63, 3.8) is 0 Å². The van der Waals surface area contributed by atoms with Crippen LogP contribution in [-0.2, 0) is 23.2 Å². The average Bonchev–Trinajstić information content (AvgIpc) is 2.84. The number of alkyl halides is 3. The number of nitrogens with one attached hydrogen (secondary N) is 1. The number of nitrogens with zero attached hydrogens (tertiary/aromatic N) is 3. The minimum Gasteiger partial charge on any atom is -0.376 e. The second kappa shape index (κ2) is 5.76. The molecule has 0 saturated heterocycles. The summed E-state index contributed by atoms with van der Waals surface area (Å²) in [6.45, 7) is 0. The summed E-state index contributed by atoms with van der Waals surface area (Å²) < 4.78 is 66.6. The number of anilines is 2. The minimum absolute atomic E-state index is 0.137. The van der Waals surface area contributed by atoms with Gasteiger partial charge >= 0.3 is 6.18 Å². The standard InChI is InChI=1S/C13H15F3N4O2S/c1-19(2)12-5-4-9(13(14,15)16)6-11(12)18-23(21,22)10-7-17-20(3)8-10/h4-8,18H,1-3H3. The molecular weight excluding hydrogens is 333 g/mol. The molecule has 0 spiro atoms. The Morgan fingerprint density at radius 3 is 2.39 bits per heavy atom. The van der Waals surface area contributed by atoms with Crippen LogP contribution < -0.4 is 9.62 Å². The first-order valence-electron chi connectivity index (χ1n) is 6.41. The van der Waals surface area contributed by atoms with Gasteiger partial charge < -0.3 is 4.90 Å². The Morgan fingerprint density at radius 1 is 1.26 bits per heavy atom. The van der Waals surface area contributed by atoms with Gasteiger partial charge in [0, 0.05) is 27.3 Å². The third-order valence-electron chi connectivity index (χ3n) is 3.04. The topological polar surface area (TPSA) is 67.2 Å². The van der Waals surface area contributed by atoms with Gasteiger partial charge in [-0.15, -0.1) is 0 Å². The molecule has 0 unspecified atom stereocenters. The number of aromatic nitrogens is 2. The van der Waals surface area contributed by atoms with E-state index >= 15 is 0 Å². The quantitative estimate of drug-likeness (QED) is 0.921. The molecule has 0 aliphatic carbocycles. The normalized spacial score (nSPS) is 12.3. The Balaban J connectivity index is 2.48. The molecule has 0 amide bonds. The van der Waals surface area contributed by atoms with Crippen molar-refractivity contribution in [2.24, 2.45) is 7.05 Å². The van der Waals surface area contributed by atoms with E-state index in [2.05, 4.69) is 9.82 Å². The molecule has 0 atom stereocenters. The van der Waals surface area contributed by atoms with E-state index in [4.69, 9.17) is 0 Å². The molecule has 0 bridgehead atoms. The molecule has 6 nitrogen and oxygen atoms in total. The van der Waals surface area contributed by atoms with Crippen LogP contribution in [0.25, 0.3) is 0 Å². The summed E-state index contributed by atoms with van der Waals surface area (Å²) in [6, 6.07) is 2.88. The summed E-state index contributed by atoms with van der Waals surface area (Å²) in [7, 11) is 0.701. The zero-order valence-electron chi connectivity index (χ0n) is 12.6. The van der Waals surface area contributed by atoms with Gasteiger partial charge in [-0.25, -0.2) is 8.42 Å². The second-order valence-corrected chi connectivity index (χ2v) is 6.76. The monoisotopic (exact) mass is 348 g/mol. The maximum atomic E-state index is 12.9. The van der Waals surface area contributed by atoms with Gasteiger partial charge in [0.2, 0.25) is 0 Å². The molecule has 0 aliphatic heterocycles. The predicted molar refractivity (Wildman–Crippen MR) is 79.8 cm³/mol. The van der Waals surface area contributed by atoms with Crippen molar-refractivity contribution in [2.75, 3.05) is 23.7 Å². The summed E-state index contributed by atoms with van der Waals surface area (Å²) >= 11 is 0. The molecule has 10 heteroatoms. The van der Waals surface area contributed by atoms with Crippen LogP contribution in [-0.4, -0.2) is 32.3 Å². The number of aryl methyl sites for hydroxylation is 1. The van der Waals surface area contributed by atoms with Gasteiger partial charge in [0.25, 0.3) is 10.0 Å². The van der Waals surface area contributed by atoms with E-state index in [1.165, 1.54) is 28.9 Å². The highest BCUT2D eigenvalue weighted by molar-refractivity contribution is 7.92. The number of hydrogen-bond donors (Lipinski definition) is 1. The molecule has 0 radical (unpaired) electrons. The van der Waals surface area contributed by atoms with E-state index in [9.17, 15) is 21.6 Å². The molecule has 0 saturated carbocycles. The van der Waals surface area contributed by atoms with Gasteiger partial charge in [0.1, 0.15) is 4.90 Å². The molecule has 1 N–H and O–H groups in total. The maximum Gasteiger partial charge on any atom is 0.416 e. The van der Waals surface area contributed by atoms with E-state index in [-0.39, 0.29) is 10.6 Å². The number of sulfonamides is 1. The highest BCUT2D eigenvalue weighted by atomic mass is 32.2. The van der Waals surface area contributed by atoms with Crippen molar-refractivity contribution in [2.45, 2.75) is 11.1 Å². The van der Waals surface area contributed by atoms with Crippen LogP contribution in [0.15, 0.2) is 35.5 Å². The van der Waals surface area contributed by atoms with Crippen molar-refractivity contribution < 1.29 is 21.6 Å². The van der Waals surface area contributed by atoms with E-state index in [0.717, 1.165) is 18.3 Å². The lowest BCUT2D eigenvalue weighted by Gasteiger charge is -2.20. The first-order chi connectivity index (χ1) is 10.5. The molecule has 126 valence electrons. The van der Waals surface area contributed by atoms with Crippen LogP contribution in [0.4, 0.5) is 24.5 Å². The summed E-state index contributed by atoms with van der Waals surface area (Å²) in [5.41, 5.74) is -0.786. The summed E-state index contributed by atoms with van der Waals surface area (Å²) in [6.07, 6.45) is -2.20. The lowest BCUT2D eigenvalue weighted by Crippen LogP contribution is -2.18. The highest BCUT2D eigenvalue weighted by Gasteiger charge is 2.32. The number of benzene rings is 1. The van der Waals surface area contributed by atoms with Crippen molar-refractivity contribution in [3.8, 4) is 0 Å². The zero-order valence-corrected chi connectivity index (χ0v) is 13.4. The SMILES string of the molecule is CN(C)c1ccc(C(F)(F)F)cc1NS(=O)(=O)c1cnn(C)c1. The van der Waals surface area contributed by atoms with Crippen LogP contribution in [0.2, 0.25) is 0 Å². The Kier molecular flexibility index (Phi) is 4.29. The largest absolute Gasteiger partial charge is 0.416 e. The lowest BCUT2D eigenvalue weighted by atomic mass is 10.1. The Labute approximate surface area is 131 Å². The minimum atomic E-state index is -4.57. The van der Waals surface area contributed by atoms with E-state index < -0.39 is 21.8 Å². The van der Waals surface area contributed by atoms with Gasteiger partial charge in [-0.1, -0.05) is 0 Å². The van der Waals surface area contributed by atoms with Crippen molar-refractivity contribution >= 4 is 21.4 Å². The van der Waals surface area contributed by atoms with Crippen LogP contribution in [0.5, 0.6) is 0 Å². The Hall–Kier alpha value is -2.23. The first-order valence-corrected chi connectivity index (χ1v) is 7.89. The van der Waals surface area contributed by atoms with Gasteiger partial charge in [-0.3, -0.25) is 9.40 Å². The van der Waals surface area contributed by atoms with Crippen LogP contribution in [0.1, 0.15) is 5.56 Å².